The van der Waals surface area contributed by atoms with Gasteiger partial charge in [-0.1, -0.05) is 24.3 Å². The molecule has 3 aromatic rings. The molecule has 0 saturated carbocycles. The van der Waals surface area contributed by atoms with Crippen LogP contribution in [0, 0.1) is 0 Å². The maximum Gasteiger partial charge on any atom is 0.295 e. The third-order valence-corrected chi connectivity index (χ3v) is 6.73. The van der Waals surface area contributed by atoms with Gasteiger partial charge in [0.05, 0.1) is 32.4 Å². The topological polar surface area (TPSA) is 85.3 Å². The SMILES string of the molecule is COc1ccc(CCN2C(=O)C(=O)/C(=C(\O)c3ccc4c(c3)CCO4)C2c2ccc(OC)cc2)cc1. The van der Waals surface area contributed by atoms with Gasteiger partial charge in [0.15, 0.2) is 0 Å². The molecule has 0 aliphatic carbocycles. The molecule has 7 heteroatoms. The van der Waals surface area contributed by atoms with Crippen molar-refractivity contribution < 1.29 is 28.9 Å². The zero-order chi connectivity index (χ0) is 25.2. The Balaban J connectivity index is 1.53. The average molecular weight is 486 g/mol. The standard InChI is InChI=1S/C29H27NO6/c1-34-22-8-3-18(4-9-22)13-15-30-26(19-5-10-23(35-2)11-6-19)25(28(32)29(30)33)27(31)21-7-12-24-20(17-21)14-16-36-24/h3-12,17,26,31H,13-16H2,1-2H3/b27-25-. The second kappa shape index (κ2) is 9.77. The molecule has 1 unspecified atom stereocenters. The zero-order valence-corrected chi connectivity index (χ0v) is 20.2. The summed E-state index contributed by atoms with van der Waals surface area (Å²) in [7, 11) is 3.19. The van der Waals surface area contributed by atoms with Crippen LogP contribution in [0.4, 0.5) is 0 Å². The predicted octanol–water partition coefficient (Wildman–Crippen LogP) is 4.30. The van der Waals surface area contributed by atoms with Crippen molar-refractivity contribution in [1.82, 2.24) is 4.90 Å². The summed E-state index contributed by atoms with van der Waals surface area (Å²) in [6.07, 6.45) is 1.27. The summed E-state index contributed by atoms with van der Waals surface area (Å²) in [5.41, 5.74) is 3.26. The van der Waals surface area contributed by atoms with Crippen LogP contribution in [0.25, 0.3) is 5.76 Å². The Labute approximate surface area is 209 Å². The minimum atomic E-state index is -0.723. The van der Waals surface area contributed by atoms with E-state index >= 15 is 0 Å². The van der Waals surface area contributed by atoms with Crippen molar-refractivity contribution in [2.45, 2.75) is 18.9 Å². The van der Waals surface area contributed by atoms with Gasteiger partial charge in [-0.2, -0.15) is 0 Å². The first-order valence-electron chi connectivity index (χ1n) is 11.8. The lowest BCUT2D eigenvalue weighted by molar-refractivity contribution is -0.139. The van der Waals surface area contributed by atoms with Crippen LogP contribution in [0.1, 0.15) is 28.3 Å². The first kappa shape index (κ1) is 23.5. The number of aliphatic hydroxyl groups excluding tert-OH is 1. The molecule has 1 amide bonds. The number of ether oxygens (including phenoxy) is 3. The van der Waals surface area contributed by atoms with E-state index in [1.807, 2.05) is 42.5 Å². The Bertz CT molecular complexity index is 1330. The number of carbonyl (C=O) groups is 2. The number of rotatable bonds is 7. The fraction of sp³-hybridized carbons (Fsp3) is 0.241. The van der Waals surface area contributed by atoms with E-state index in [1.165, 1.54) is 4.90 Å². The van der Waals surface area contributed by atoms with Crippen LogP contribution >= 0.6 is 0 Å². The molecule has 1 N–H and O–H groups in total. The Hall–Kier alpha value is -4.26. The molecule has 0 radical (unpaired) electrons. The molecule has 36 heavy (non-hydrogen) atoms. The summed E-state index contributed by atoms with van der Waals surface area (Å²) in [5, 5.41) is 11.3. The number of carbonyl (C=O) groups excluding carboxylic acids is 2. The first-order chi connectivity index (χ1) is 17.5. The summed E-state index contributed by atoms with van der Waals surface area (Å²) in [5.74, 6) is 0.675. The Kier molecular flexibility index (Phi) is 6.38. The van der Waals surface area contributed by atoms with E-state index < -0.39 is 17.7 Å². The van der Waals surface area contributed by atoms with Crippen LogP contribution in [0.5, 0.6) is 17.2 Å². The molecule has 3 aromatic carbocycles. The average Bonchev–Trinajstić information content (AvgIpc) is 3.49. The van der Waals surface area contributed by atoms with Gasteiger partial charge >= 0.3 is 0 Å². The summed E-state index contributed by atoms with van der Waals surface area (Å²) in [4.78, 5) is 28.1. The van der Waals surface area contributed by atoms with Gasteiger partial charge < -0.3 is 24.2 Å². The smallest absolute Gasteiger partial charge is 0.295 e. The Morgan fingerprint density at radius 1 is 0.972 bits per heavy atom. The van der Waals surface area contributed by atoms with Gasteiger partial charge in [0, 0.05) is 18.5 Å². The molecule has 7 nitrogen and oxygen atoms in total. The summed E-state index contributed by atoms with van der Waals surface area (Å²) in [6, 6.07) is 19.4. The molecule has 2 aliphatic heterocycles. The number of likely N-dealkylation sites (tertiary alicyclic amines) is 1. The minimum absolute atomic E-state index is 0.0822. The minimum Gasteiger partial charge on any atom is -0.507 e. The fourth-order valence-corrected chi connectivity index (χ4v) is 4.77. The lowest BCUT2D eigenvalue weighted by atomic mass is 9.94. The van der Waals surface area contributed by atoms with Crippen molar-refractivity contribution in [3.8, 4) is 17.2 Å². The lowest BCUT2D eigenvalue weighted by Crippen LogP contribution is -2.31. The van der Waals surface area contributed by atoms with Crippen LogP contribution in [-0.2, 0) is 22.4 Å². The highest BCUT2D eigenvalue weighted by Crippen LogP contribution is 2.40. The molecule has 0 bridgehead atoms. The number of aliphatic hydroxyl groups is 1. The van der Waals surface area contributed by atoms with Crippen LogP contribution in [0.15, 0.2) is 72.3 Å². The molecular weight excluding hydrogens is 458 g/mol. The number of ketones is 1. The second-order valence-electron chi connectivity index (χ2n) is 8.78. The lowest BCUT2D eigenvalue weighted by Gasteiger charge is -2.25. The van der Waals surface area contributed by atoms with E-state index in [4.69, 9.17) is 14.2 Å². The number of methoxy groups -OCH3 is 2. The van der Waals surface area contributed by atoms with Crippen molar-refractivity contribution in [2.75, 3.05) is 27.4 Å². The van der Waals surface area contributed by atoms with E-state index in [0.29, 0.717) is 30.9 Å². The van der Waals surface area contributed by atoms with Crippen molar-refractivity contribution in [2.24, 2.45) is 0 Å². The molecular formula is C29H27NO6. The van der Waals surface area contributed by atoms with Crippen LogP contribution in [0.2, 0.25) is 0 Å². The highest BCUT2D eigenvalue weighted by atomic mass is 16.5. The molecule has 2 aliphatic rings. The van der Waals surface area contributed by atoms with Gasteiger partial charge in [-0.05, 0) is 65.6 Å². The number of benzene rings is 3. The van der Waals surface area contributed by atoms with E-state index in [-0.39, 0.29) is 11.3 Å². The largest absolute Gasteiger partial charge is 0.507 e. The second-order valence-corrected chi connectivity index (χ2v) is 8.78. The van der Waals surface area contributed by atoms with Crippen LogP contribution in [-0.4, -0.2) is 49.1 Å². The summed E-state index contributed by atoms with van der Waals surface area (Å²) in [6.45, 7) is 0.892. The fourth-order valence-electron chi connectivity index (χ4n) is 4.77. The molecule has 184 valence electrons. The first-order valence-corrected chi connectivity index (χ1v) is 11.8. The maximum atomic E-state index is 13.3. The molecule has 1 fully saturated rings. The maximum absolute atomic E-state index is 13.3. The highest BCUT2D eigenvalue weighted by Gasteiger charge is 2.45. The Morgan fingerprint density at radius 3 is 2.31 bits per heavy atom. The number of nitrogens with zero attached hydrogens (tertiary/aromatic N) is 1. The van der Waals surface area contributed by atoms with Crippen molar-refractivity contribution in [1.29, 1.82) is 0 Å². The van der Waals surface area contributed by atoms with Gasteiger partial charge in [-0.3, -0.25) is 9.59 Å². The normalized spacial score (nSPS) is 18.2. The van der Waals surface area contributed by atoms with Gasteiger partial charge in [0.25, 0.3) is 11.7 Å². The van der Waals surface area contributed by atoms with E-state index in [9.17, 15) is 14.7 Å². The quantitative estimate of drug-likeness (QED) is 0.305. The van der Waals surface area contributed by atoms with E-state index in [2.05, 4.69) is 0 Å². The van der Waals surface area contributed by atoms with Crippen LogP contribution < -0.4 is 14.2 Å². The van der Waals surface area contributed by atoms with E-state index in [0.717, 1.165) is 34.6 Å². The van der Waals surface area contributed by atoms with Gasteiger partial charge in [-0.25, -0.2) is 0 Å². The molecule has 1 atom stereocenters. The van der Waals surface area contributed by atoms with Gasteiger partial charge in [0.2, 0.25) is 0 Å². The van der Waals surface area contributed by atoms with Gasteiger partial charge in [-0.15, -0.1) is 0 Å². The summed E-state index contributed by atoms with van der Waals surface area (Å²) >= 11 is 0. The Morgan fingerprint density at radius 2 is 1.64 bits per heavy atom. The highest BCUT2D eigenvalue weighted by molar-refractivity contribution is 6.46. The number of amides is 1. The molecule has 1 saturated heterocycles. The third-order valence-electron chi connectivity index (χ3n) is 6.73. The number of fused-ring (bicyclic) bond motifs is 1. The summed E-state index contributed by atoms with van der Waals surface area (Å²) < 4.78 is 16.1. The number of Topliss-reactive ketones (excluding diaryl/α,β-unsaturated/α-hetero) is 1. The molecule has 0 aromatic heterocycles. The van der Waals surface area contributed by atoms with Crippen LogP contribution in [0.3, 0.4) is 0 Å². The zero-order valence-electron chi connectivity index (χ0n) is 20.2. The predicted molar refractivity (Wildman–Crippen MR) is 134 cm³/mol. The van der Waals surface area contributed by atoms with E-state index in [1.54, 1.807) is 38.5 Å². The molecule has 5 rings (SSSR count). The number of hydrogen-bond donors (Lipinski definition) is 1. The molecule has 0 spiro atoms. The van der Waals surface area contributed by atoms with Crippen molar-refractivity contribution in [3.05, 3.63) is 94.6 Å². The third kappa shape index (κ3) is 4.28. The van der Waals surface area contributed by atoms with Gasteiger partial charge in [0.1, 0.15) is 23.0 Å². The van der Waals surface area contributed by atoms with Crippen molar-refractivity contribution in [3.63, 3.8) is 0 Å². The van der Waals surface area contributed by atoms with Crippen molar-refractivity contribution >= 4 is 17.4 Å². The number of hydrogen-bond acceptors (Lipinski definition) is 6. The molecule has 2 heterocycles. The monoisotopic (exact) mass is 485 g/mol.